The largest absolute Gasteiger partial charge is 0.389 e. The number of halogens is 2. The number of nitrogens with one attached hydrogen (secondary N) is 2. The van der Waals surface area contributed by atoms with Crippen LogP contribution >= 0.6 is 11.3 Å². The average Bonchev–Trinajstić information content (AvgIpc) is 3.25. The molecule has 7 nitrogen and oxygen atoms in total. The Labute approximate surface area is 169 Å². The SMILES string of the molecule is Cn1ncc(NC(=O)c2nc(-c3c(F)cccc3F)sc2N)c1C1=CCNCC1. The van der Waals surface area contributed by atoms with Gasteiger partial charge in [0.1, 0.15) is 21.6 Å². The molecule has 150 valence electrons. The molecule has 29 heavy (non-hydrogen) atoms. The van der Waals surface area contributed by atoms with Gasteiger partial charge in [0.25, 0.3) is 5.91 Å². The number of nitrogens with two attached hydrogens (primary N) is 1. The molecule has 0 bridgehead atoms. The molecule has 0 saturated heterocycles. The molecular weight excluding hydrogens is 398 g/mol. The van der Waals surface area contributed by atoms with E-state index in [9.17, 15) is 13.6 Å². The highest BCUT2D eigenvalue weighted by molar-refractivity contribution is 7.19. The molecule has 10 heteroatoms. The first kappa shape index (κ1) is 19.2. The number of hydrogen-bond donors (Lipinski definition) is 3. The Morgan fingerprint density at radius 3 is 2.79 bits per heavy atom. The molecule has 1 amide bonds. The summed E-state index contributed by atoms with van der Waals surface area (Å²) in [6.07, 6.45) is 4.40. The molecule has 0 unspecified atom stereocenters. The lowest BCUT2D eigenvalue weighted by Crippen LogP contribution is -2.21. The summed E-state index contributed by atoms with van der Waals surface area (Å²) in [5.74, 6) is -2.10. The van der Waals surface area contributed by atoms with Crippen LogP contribution in [-0.4, -0.2) is 33.8 Å². The van der Waals surface area contributed by atoms with Crippen LogP contribution in [-0.2, 0) is 7.05 Å². The maximum Gasteiger partial charge on any atom is 0.277 e. The predicted octanol–water partition coefficient (Wildman–Crippen LogP) is 3.03. The van der Waals surface area contributed by atoms with Gasteiger partial charge in [-0.25, -0.2) is 13.8 Å². The van der Waals surface area contributed by atoms with Gasteiger partial charge < -0.3 is 16.4 Å². The van der Waals surface area contributed by atoms with Crippen LogP contribution in [0.15, 0.2) is 30.5 Å². The smallest absolute Gasteiger partial charge is 0.277 e. The van der Waals surface area contributed by atoms with E-state index in [2.05, 4.69) is 20.7 Å². The van der Waals surface area contributed by atoms with Crippen LogP contribution in [0.4, 0.5) is 19.5 Å². The second-order valence-electron chi connectivity index (χ2n) is 6.50. The number of carbonyl (C=O) groups is 1. The van der Waals surface area contributed by atoms with E-state index in [4.69, 9.17) is 5.73 Å². The predicted molar refractivity (Wildman–Crippen MR) is 109 cm³/mol. The molecule has 1 aromatic carbocycles. The van der Waals surface area contributed by atoms with Crippen molar-refractivity contribution in [1.29, 1.82) is 0 Å². The summed E-state index contributed by atoms with van der Waals surface area (Å²) >= 11 is 0.858. The van der Waals surface area contributed by atoms with Crippen molar-refractivity contribution in [2.75, 3.05) is 24.1 Å². The first-order chi connectivity index (χ1) is 14.0. The highest BCUT2D eigenvalue weighted by atomic mass is 32.1. The number of aromatic nitrogens is 3. The summed E-state index contributed by atoms with van der Waals surface area (Å²) in [5.41, 5.74) is 7.94. The van der Waals surface area contributed by atoms with Crippen molar-refractivity contribution in [3.05, 3.63) is 53.5 Å². The molecule has 4 rings (SSSR count). The van der Waals surface area contributed by atoms with E-state index in [1.165, 1.54) is 6.07 Å². The maximum atomic E-state index is 14.0. The van der Waals surface area contributed by atoms with Gasteiger partial charge in [0, 0.05) is 13.6 Å². The van der Waals surface area contributed by atoms with E-state index in [-0.39, 0.29) is 21.3 Å². The van der Waals surface area contributed by atoms with Gasteiger partial charge in [-0.1, -0.05) is 23.5 Å². The molecule has 0 saturated carbocycles. The minimum atomic E-state index is -0.766. The molecule has 0 spiro atoms. The number of thiazole rings is 1. The maximum absolute atomic E-state index is 14.0. The van der Waals surface area contributed by atoms with E-state index in [0.717, 1.165) is 54.2 Å². The monoisotopic (exact) mass is 416 g/mol. The van der Waals surface area contributed by atoms with Crippen LogP contribution in [0.1, 0.15) is 22.6 Å². The lowest BCUT2D eigenvalue weighted by atomic mass is 10.0. The first-order valence-electron chi connectivity index (χ1n) is 8.90. The van der Waals surface area contributed by atoms with Crippen molar-refractivity contribution in [2.45, 2.75) is 6.42 Å². The van der Waals surface area contributed by atoms with Gasteiger partial charge in [0.15, 0.2) is 5.69 Å². The highest BCUT2D eigenvalue weighted by Gasteiger charge is 2.23. The van der Waals surface area contributed by atoms with Gasteiger partial charge >= 0.3 is 0 Å². The zero-order valence-electron chi connectivity index (χ0n) is 15.5. The number of rotatable bonds is 4. The highest BCUT2D eigenvalue weighted by Crippen LogP contribution is 2.34. The summed E-state index contributed by atoms with van der Waals surface area (Å²) in [6, 6.07) is 3.52. The molecule has 1 aliphatic rings. The van der Waals surface area contributed by atoms with Gasteiger partial charge in [0.2, 0.25) is 0 Å². The molecule has 0 fully saturated rings. The molecule has 3 aromatic rings. The Hall–Kier alpha value is -3.11. The van der Waals surface area contributed by atoms with Crippen molar-refractivity contribution in [2.24, 2.45) is 7.05 Å². The Morgan fingerprint density at radius 2 is 2.10 bits per heavy atom. The number of benzene rings is 1. The fourth-order valence-electron chi connectivity index (χ4n) is 3.23. The van der Waals surface area contributed by atoms with Crippen LogP contribution in [0.2, 0.25) is 0 Å². The fourth-order valence-corrected chi connectivity index (χ4v) is 4.11. The quantitative estimate of drug-likeness (QED) is 0.607. The van der Waals surface area contributed by atoms with Gasteiger partial charge in [-0.2, -0.15) is 5.10 Å². The number of nitrogen functional groups attached to an aromatic ring is 1. The van der Waals surface area contributed by atoms with Crippen LogP contribution in [0.5, 0.6) is 0 Å². The lowest BCUT2D eigenvalue weighted by molar-refractivity contribution is 0.102. The number of aryl methyl sites for hydroxylation is 1. The standard InChI is InChI=1S/C19H18F2N6OS/c1-27-16(10-5-7-23-8-6-10)13(9-24-27)25-18(28)15-17(22)29-19(26-15)14-11(20)3-2-4-12(14)21/h2-5,9,23H,6-8,22H2,1H3,(H,25,28). The van der Waals surface area contributed by atoms with E-state index in [0.29, 0.717) is 5.69 Å². The summed E-state index contributed by atoms with van der Waals surface area (Å²) in [5, 5.41) is 10.3. The molecule has 0 radical (unpaired) electrons. The third-order valence-corrected chi connectivity index (χ3v) is 5.50. The minimum Gasteiger partial charge on any atom is -0.389 e. The van der Waals surface area contributed by atoms with Crippen LogP contribution in [0.3, 0.4) is 0 Å². The fraction of sp³-hybridized carbons (Fsp3) is 0.211. The number of nitrogens with zero attached hydrogens (tertiary/aromatic N) is 3. The summed E-state index contributed by atoms with van der Waals surface area (Å²) in [4.78, 5) is 16.9. The Bertz CT molecular complexity index is 1100. The van der Waals surface area contributed by atoms with E-state index < -0.39 is 17.5 Å². The molecule has 1 aliphatic heterocycles. The molecule has 2 aromatic heterocycles. The number of anilines is 2. The van der Waals surface area contributed by atoms with Crippen molar-refractivity contribution in [3.63, 3.8) is 0 Å². The van der Waals surface area contributed by atoms with Gasteiger partial charge in [-0.15, -0.1) is 0 Å². The summed E-state index contributed by atoms with van der Waals surface area (Å²) in [7, 11) is 1.80. The Balaban J connectivity index is 1.64. The third kappa shape index (κ3) is 3.64. The van der Waals surface area contributed by atoms with E-state index >= 15 is 0 Å². The Morgan fingerprint density at radius 1 is 1.34 bits per heavy atom. The minimum absolute atomic E-state index is 0.00993. The number of amides is 1. The van der Waals surface area contributed by atoms with Crippen LogP contribution in [0.25, 0.3) is 16.1 Å². The normalized spacial score (nSPS) is 14.0. The average molecular weight is 416 g/mol. The third-order valence-electron chi connectivity index (χ3n) is 4.60. The van der Waals surface area contributed by atoms with Crippen molar-refractivity contribution in [1.82, 2.24) is 20.1 Å². The van der Waals surface area contributed by atoms with Crippen LogP contribution in [0, 0.1) is 11.6 Å². The number of hydrogen-bond acceptors (Lipinski definition) is 6. The second-order valence-corrected chi connectivity index (χ2v) is 7.53. The topological polar surface area (TPSA) is 97.9 Å². The molecule has 0 atom stereocenters. The molecular formula is C19H18F2N6OS. The Kier molecular flexibility index (Phi) is 5.12. The first-order valence-corrected chi connectivity index (χ1v) is 9.71. The van der Waals surface area contributed by atoms with E-state index in [1.54, 1.807) is 17.9 Å². The van der Waals surface area contributed by atoms with Crippen LogP contribution < -0.4 is 16.4 Å². The van der Waals surface area contributed by atoms with Crippen molar-refractivity contribution < 1.29 is 13.6 Å². The lowest BCUT2D eigenvalue weighted by Gasteiger charge is -2.16. The van der Waals surface area contributed by atoms with Gasteiger partial charge in [-0.05, 0) is 30.7 Å². The van der Waals surface area contributed by atoms with Gasteiger partial charge in [-0.3, -0.25) is 9.48 Å². The van der Waals surface area contributed by atoms with Crippen molar-refractivity contribution in [3.8, 4) is 10.6 Å². The number of carbonyl (C=O) groups excluding carboxylic acids is 1. The molecule has 3 heterocycles. The zero-order valence-corrected chi connectivity index (χ0v) is 16.3. The zero-order chi connectivity index (χ0) is 20.5. The van der Waals surface area contributed by atoms with E-state index in [1.807, 2.05) is 6.08 Å². The molecule has 4 N–H and O–H groups in total. The summed E-state index contributed by atoms with van der Waals surface area (Å²) in [6.45, 7) is 1.57. The van der Waals surface area contributed by atoms with Gasteiger partial charge in [0.05, 0.1) is 23.1 Å². The molecule has 0 aliphatic carbocycles. The second kappa shape index (κ2) is 7.72. The van der Waals surface area contributed by atoms with Crippen molar-refractivity contribution >= 4 is 33.5 Å². The summed E-state index contributed by atoms with van der Waals surface area (Å²) < 4.78 is 29.8.